The molecule has 0 saturated heterocycles. The molecule has 4 bridgehead atoms. The molecule has 1 heterocycles. The number of aromatic amines is 1. The first-order valence-corrected chi connectivity index (χ1v) is 10.7. The minimum atomic E-state index is -0.351. The maximum Gasteiger partial charge on any atom is 0.257 e. The average molecular weight is 397 g/mol. The van der Waals surface area contributed by atoms with Crippen LogP contribution in [-0.4, -0.2) is 45.8 Å². The van der Waals surface area contributed by atoms with E-state index in [1.807, 2.05) is 0 Å². The Labute approximate surface area is 170 Å². The van der Waals surface area contributed by atoms with Gasteiger partial charge >= 0.3 is 0 Å². The van der Waals surface area contributed by atoms with Gasteiger partial charge in [0.05, 0.1) is 24.1 Å². The molecule has 4 aliphatic rings. The molecule has 2 aromatic rings. The van der Waals surface area contributed by atoms with Gasteiger partial charge in [-0.05, 0) is 73.8 Å². The van der Waals surface area contributed by atoms with Crippen molar-refractivity contribution in [2.75, 3.05) is 19.7 Å². The van der Waals surface area contributed by atoms with Crippen LogP contribution >= 0.6 is 0 Å². The van der Waals surface area contributed by atoms with Crippen LogP contribution in [0.25, 0.3) is 11.3 Å². The number of H-pyrrole nitrogens is 1. The van der Waals surface area contributed by atoms with Crippen molar-refractivity contribution in [2.45, 2.75) is 38.5 Å². The van der Waals surface area contributed by atoms with Gasteiger partial charge in [-0.3, -0.25) is 9.89 Å². The molecule has 1 amide bonds. The van der Waals surface area contributed by atoms with E-state index in [-0.39, 0.29) is 23.7 Å². The number of halogens is 1. The zero-order chi connectivity index (χ0) is 20.0. The van der Waals surface area contributed by atoms with Crippen LogP contribution in [0.1, 0.15) is 48.9 Å². The number of aliphatic hydroxyl groups is 1. The Hall–Kier alpha value is -2.21. The molecule has 5 nitrogen and oxygen atoms in total. The fraction of sp³-hybridized carbons (Fsp3) is 0.565. The van der Waals surface area contributed by atoms with Gasteiger partial charge in [-0.1, -0.05) is 12.1 Å². The summed E-state index contributed by atoms with van der Waals surface area (Å²) in [7, 11) is 0. The van der Waals surface area contributed by atoms with E-state index in [4.69, 9.17) is 0 Å². The molecule has 0 unspecified atom stereocenters. The maximum absolute atomic E-state index is 13.7. The van der Waals surface area contributed by atoms with Gasteiger partial charge in [0.2, 0.25) is 0 Å². The zero-order valence-electron chi connectivity index (χ0n) is 16.6. The fourth-order valence-electron chi connectivity index (χ4n) is 6.74. The van der Waals surface area contributed by atoms with Crippen molar-refractivity contribution in [2.24, 2.45) is 23.2 Å². The lowest BCUT2D eigenvalue weighted by Crippen LogP contribution is -2.52. The van der Waals surface area contributed by atoms with E-state index in [9.17, 15) is 14.3 Å². The third-order valence-corrected chi connectivity index (χ3v) is 7.33. The Bertz CT molecular complexity index is 874. The zero-order valence-corrected chi connectivity index (χ0v) is 16.6. The van der Waals surface area contributed by atoms with Crippen LogP contribution in [0.5, 0.6) is 0 Å². The summed E-state index contributed by atoms with van der Waals surface area (Å²) in [5, 5.41) is 16.6. The molecule has 154 valence electrons. The van der Waals surface area contributed by atoms with Crippen LogP contribution < -0.4 is 0 Å². The molecule has 0 aliphatic heterocycles. The van der Waals surface area contributed by atoms with E-state index in [0.717, 1.165) is 17.8 Å². The molecule has 4 fully saturated rings. The third kappa shape index (κ3) is 3.48. The highest BCUT2D eigenvalue weighted by molar-refractivity contribution is 5.99. The number of carbonyl (C=O) groups is 1. The second kappa shape index (κ2) is 7.24. The topological polar surface area (TPSA) is 69.2 Å². The third-order valence-electron chi connectivity index (χ3n) is 7.33. The highest BCUT2D eigenvalue weighted by Crippen LogP contribution is 2.60. The van der Waals surface area contributed by atoms with Crippen molar-refractivity contribution in [1.82, 2.24) is 15.1 Å². The van der Waals surface area contributed by atoms with Crippen LogP contribution in [0, 0.1) is 29.0 Å². The Kier molecular flexibility index (Phi) is 4.69. The van der Waals surface area contributed by atoms with Gasteiger partial charge in [0.25, 0.3) is 5.91 Å². The summed E-state index contributed by atoms with van der Waals surface area (Å²) in [5.41, 5.74) is 1.77. The van der Waals surface area contributed by atoms with Crippen molar-refractivity contribution >= 4 is 5.91 Å². The first-order valence-electron chi connectivity index (χ1n) is 10.7. The summed E-state index contributed by atoms with van der Waals surface area (Å²) in [5.74, 6) is 1.94. The molecule has 0 spiro atoms. The minimum absolute atomic E-state index is 0.0642. The largest absolute Gasteiger partial charge is 0.395 e. The molecular weight excluding hydrogens is 369 g/mol. The predicted molar refractivity (Wildman–Crippen MR) is 108 cm³/mol. The molecule has 0 atom stereocenters. The second-order valence-corrected chi connectivity index (χ2v) is 9.54. The Morgan fingerprint density at radius 2 is 1.90 bits per heavy atom. The Balaban J connectivity index is 1.41. The van der Waals surface area contributed by atoms with Crippen LogP contribution in [0.15, 0.2) is 30.5 Å². The number of rotatable bonds is 6. The molecule has 6 heteroatoms. The van der Waals surface area contributed by atoms with Gasteiger partial charge in [0.1, 0.15) is 5.82 Å². The number of amides is 1. The number of hydrogen-bond donors (Lipinski definition) is 2. The molecule has 6 rings (SSSR count). The van der Waals surface area contributed by atoms with Crippen LogP contribution in [-0.2, 0) is 0 Å². The Morgan fingerprint density at radius 3 is 2.52 bits per heavy atom. The van der Waals surface area contributed by atoms with E-state index >= 15 is 0 Å². The van der Waals surface area contributed by atoms with E-state index < -0.39 is 0 Å². The summed E-state index contributed by atoms with van der Waals surface area (Å²) in [6.45, 7) is 0.948. The summed E-state index contributed by atoms with van der Waals surface area (Å²) in [6, 6.07) is 6.18. The van der Waals surface area contributed by atoms with E-state index in [2.05, 4.69) is 10.2 Å². The number of aromatic nitrogens is 2. The number of aliphatic hydroxyl groups excluding tert-OH is 1. The number of carbonyl (C=O) groups excluding carboxylic acids is 1. The smallest absolute Gasteiger partial charge is 0.257 e. The van der Waals surface area contributed by atoms with Crippen molar-refractivity contribution in [3.05, 3.63) is 41.8 Å². The maximum atomic E-state index is 13.7. The molecule has 4 saturated carbocycles. The number of nitrogens with zero attached hydrogens (tertiary/aromatic N) is 2. The van der Waals surface area contributed by atoms with Crippen molar-refractivity contribution in [1.29, 1.82) is 0 Å². The summed E-state index contributed by atoms with van der Waals surface area (Å²) in [6.07, 6.45) is 9.21. The van der Waals surface area contributed by atoms with Crippen molar-refractivity contribution in [3.8, 4) is 11.3 Å². The van der Waals surface area contributed by atoms with Gasteiger partial charge < -0.3 is 10.0 Å². The SMILES string of the molecule is O=C(c1cn[nH]c1-c1cccc(F)c1)N(CCO)CC12CC3CC(CC(C3)C1)C2. The van der Waals surface area contributed by atoms with Gasteiger partial charge in [-0.15, -0.1) is 0 Å². The monoisotopic (exact) mass is 397 g/mol. The first kappa shape index (κ1) is 18.8. The minimum Gasteiger partial charge on any atom is -0.395 e. The Morgan fingerprint density at radius 1 is 1.21 bits per heavy atom. The van der Waals surface area contributed by atoms with Gasteiger partial charge in [-0.2, -0.15) is 5.10 Å². The van der Waals surface area contributed by atoms with Crippen LogP contribution in [0.4, 0.5) is 4.39 Å². The van der Waals surface area contributed by atoms with Crippen molar-refractivity contribution < 1.29 is 14.3 Å². The fourth-order valence-corrected chi connectivity index (χ4v) is 6.74. The van der Waals surface area contributed by atoms with E-state index in [1.165, 1.54) is 56.9 Å². The van der Waals surface area contributed by atoms with E-state index in [0.29, 0.717) is 29.9 Å². The summed E-state index contributed by atoms with van der Waals surface area (Å²) in [4.78, 5) is 15.3. The van der Waals surface area contributed by atoms with Crippen LogP contribution in [0.2, 0.25) is 0 Å². The normalized spacial score (nSPS) is 29.9. The van der Waals surface area contributed by atoms with Gasteiger partial charge in [0.15, 0.2) is 0 Å². The lowest BCUT2D eigenvalue weighted by atomic mass is 9.49. The molecule has 1 aromatic heterocycles. The lowest BCUT2D eigenvalue weighted by Gasteiger charge is -2.57. The summed E-state index contributed by atoms with van der Waals surface area (Å²) < 4.78 is 13.7. The van der Waals surface area contributed by atoms with Gasteiger partial charge in [-0.25, -0.2) is 4.39 Å². The summed E-state index contributed by atoms with van der Waals surface area (Å²) >= 11 is 0. The van der Waals surface area contributed by atoms with Crippen LogP contribution in [0.3, 0.4) is 0 Å². The van der Waals surface area contributed by atoms with E-state index in [1.54, 1.807) is 17.0 Å². The highest BCUT2D eigenvalue weighted by atomic mass is 19.1. The molecule has 29 heavy (non-hydrogen) atoms. The number of nitrogens with one attached hydrogen (secondary N) is 1. The lowest BCUT2D eigenvalue weighted by molar-refractivity contribution is -0.0662. The average Bonchev–Trinajstić information content (AvgIpc) is 3.16. The first-order chi connectivity index (χ1) is 14.0. The molecule has 2 N–H and O–H groups in total. The standard InChI is InChI=1S/C23H28FN3O2/c24-19-3-1-2-18(9-19)21-20(13-25-26-21)22(29)27(4-5-28)14-23-10-15-6-16(11-23)8-17(7-15)12-23/h1-3,9,13,15-17,28H,4-8,10-12,14H2,(H,25,26). The second-order valence-electron chi connectivity index (χ2n) is 9.54. The quantitative estimate of drug-likeness (QED) is 0.778. The van der Waals surface area contributed by atoms with Gasteiger partial charge in [0, 0.05) is 18.7 Å². The molecular formula is C23H28FN3O2. The highest BCUT2D eigenvalue weighted by Gasteiger charge is 2.51. The number of hydrogen-bond acceptors (Lipinski definition) is 3. The molecule has 4 aliphatic carbocycles. The van der Waals surface area contributed by atoms with Crippen molar-refractivity contribution in [3.63, 3.8) is 0 Å². The number of benzene rings is 1. The predicted octanol–water partition coefficient (Wildman–Crippen LogP) is 3.87. The molecule has 1 aromatic carbocycles. The molecule has 0 radical (unpaired) electrons.